The van der Waals surface area contributed by atoms with Crippen molar-refractivity contribution in [2.45, 2.75) is 86.0 Å². The Balaban J connectivity index is 0. The molecule has 1 amide bonds. The summed E-state index contributed by atoms with van der Waals surface area (Å²) in [5.74, 6) is 0.244. The van der Waals surface area contributed by atoms with Crippen LogP contribution in [0.15, 0.2) is 0 Å². The lowest BCUT2D eigenvalue weighted by atomic mass is 10.1. The molecule has 0 spiro atoms. The third-order valence-electron chi connectivity index (χ3n) is 3.01. The van der Waals surface area contributed by atoms with Gasteiger partial charge in [0.25, 0.3) is 0 Å². The van der Waals surface area contributed by atoms with Crippen molar-refractivity contribution in [2.24, 2.45) is 0 Å². The molecular weight excluding hydrogens is 222 g/mol. The number of unbranched alkanes of at least 4 members (excludes halogenated alkanes) is 6. The van der Waals surface area contributed by atoms with Gasteiger partial charge in [-0.15, -0.1) is 0 Å². The van der Waals surface area contributed by atoms with Crippen LogP contribution in [0.4, 0.5) is 0 Å². The van der Waals surface area contributed by atoms with E-state index in [1.54, 1.807) is 6.92 Å². The Morgan fingerprint density at radius 2 is 1.17 bits per heavy atom. The highest BCUT2D eigenvalue weighted by atomic mass is 16.2. The quantitative estimate of drug-likeness (QED) is 0.503. The van der Waals surface area contributed by atoms with Crippen LogP contribution in [0, 0.1) is 0 Å². The maximum absolute atomic E-state index is 11.4. The molecular formula is C16H35NO. The maximum Gasteiger partial charge on any atom is 0.219 e. The molecule has 0 aliphatic heterocycles. The van der Waals surface area contributed by atoms with Gasteiger partial charge in [-0.25, -0.2) is 0 Å². The van der Waals surface area contributed by atoms with Crippen molar-refractivity contribution in [3.63, 3.8) is 0 Å². The summed E-state index contributed by atoms with van der Waals surface area (Å²) >= 11 is 0. The second-order valence-corrected chi connectivity index (χ2v) is 4.63. The van der Waals surface area contributed by atoms with Crippen LogP contribution in [0.2, 0.25) is 0 Å². The Bertz CT molecular complexity index is 156. The number of rotatable bonds is 10. The molecule has 0 saturated heterocycles. The zero-order valence-corrected chi connectivity index (χ0v) is 13.4. The summed E-state index contributed by atoms with van der Waals surface area (Å²) < 4.78 is 0. The van der Waals surface area contributed by atoms with Crippen LogP contribution in [0.5, 0.6) is 0 Å². The molecule has 2 heteroatoms. The second-order valence-electron chi connectivity index (χ2n) is 4.63. The Morgan fingerprint density at radius 3 is 1.44 bits per heavy atom. The standard InChI is InChI=1S/C14H29NO.C2H6/c1-4-6-8-10-12-15(14(3)16)13-11-9-7-5-2;1-2/h4-13H2,1-3H3;1-2H3. The van der Waals surface area contributed by atoms with Gasteiger partial charge in [-0.05, 0) is 12.8 Å². The molecule has 0 aromatic carbocycles. The third kappa shape index (κ3) is 13.5. The van der Waals surface area contributed by atoms with Crippen molar-refractivity contribution in [3.05, 3.63) is 0 Å². The predicted molar refractivity (Wildman–Crippen MR) is 81.9 cm³/mol. The Morgan fingerprint density at radius 1 is 0.778 bits per heavy atom. The second kappa shape index (κ2) is 16.5. The molecule has 0 aliphatic carbocycles. The fraction of sp³-hybridized carbons (Fsp3) is 0.938. The van der Waals surface area contributed by atoms with Gasteiger partial charge in [-0.2, -0.15) is 0 Å². The first-order chi connectivity index (χ1) is 8.72. The van der Waals surface area contributed by atoms with E-state index in [1.807, 2.05) is 18.7 Å². The molecule has 0 unspecified atom stereocenters. The van der Waals surface area contributed by atoms with Gasteiger partial charge in [-0.3, -0.25) is 4.79 Å². The van der Waals surface area contributed by atoms with Crippen LogP contribution in [-0.2, 0) is 4.79 Å². The van der Waals surface area contributed by atoms with Gasteiger partial charge < -0.3 is 4.90 Å². The molecule has 110 valence electrons. The number of hydrogen-bond donors (Lipinski definition) is 0. The van der Waals surface area contributed by atoms with E-state index in [9.17, 15) is 4.79 Å². The zero-order valence-electron chi connectivity index (χ0n) is 13.4. The lowest BCUT2D eigenvalue weighted by Gasteiger charge is -2.20. The maximum atomic E-state index is 11.4. The van der Waals surface area contributed by atoms with Crippen molar-refractivity contribution >= 4 is 5.91 Å². The number of amides is 1. The van der Waals surface area contributed by atoms with Gasteiger partial charge in [0, 0.05) is 20.0 Å². The van der Waals surface area contributed by atoms with Crippen molar-refractivity contribution in [1.82, 2.24) is 4.90 Å². The summed E-state index contributed by atoms with van der Waals surface area (Å²) in [7, 11) is 0. The first-order valence-electron chi connectivity index (χ1n) is 7.97. The highest BCUT2D eigenvalue weighted by Gasteiger charge is 2.06. The van der Waals surface area contributed by atoms with Gasteiger partial charge in [0.1, 0.15) is 0 Å². The van der Waals surface area contributed by atoms with Crippen molar-refractivity contribution in [2.75, 3.05) is 13.1 Å². The molecule has 0 aromatic rings. The molecule has 0 rings (SSSR count). The lowest BCUT2D eigenvalue weighted by Crippen LogP contribution is -2.30. The summed E-state index contributed by atoms with van der Waals surface area (Å²) in [5, 5.41) is 0. The summed E-state index contributed by atoms with van der Waals surface area (Å²) in [6.07, 6.45) is 9.96. The molecule has 0 atom stereocenters. The lowest BCUT2D eigenvalue weighted by molar-refractivity contribution is -0.129. The summed E-state index contributed by atoms with van der Waals surface area (Å²) in [6, 6.07) is 0. The van der Waals surface area contributed by atoms with Crippen LogP contribution in [0.1, 0.15) is 86.0 Å². The largest absolute Gasteiger partial charge is 0.343 e. The minimum absolute atomic E-state index is 0.244. The van der Waals surface area contributed by atoms with Gasteiger partial charge in [-0.1, -0.05) is 66.2 Å². The van der Waals surface area contributed by atoms with Crippen LogP contribution in [0.25, 0.3) is 0 Å². The normalized spacial score (nSPS) is 9.61. The van der Waals surface area contributed by atoms with Gasteiger partial charge in [0.2, 0.25) is 5.91 Å². The highest BCUT2D eigenvalue weighted by Crippen LogP contribution is 2.05. The van der Waals surface area contributed by atoms with E-state index in [1.165, 1.54) is 51.4 Å². The number of hydrogen-bond acceptors (Lipinski definition) is 1. The average Bonchev–Trinajstić information content (AvgIpc) is 2.39. The van der Waals surface area contributed by atoms with E-state index in [-0.39, 0.29) is 5.91 Å². The van der Waals surface area contributed by atoms with Crippen LogP contribution in [0.3, 0.4) is 0 Å². The fourth-order valence-corrected chi connectivity index (χ4v) is 1.89. The SMILES string of the molecule is CC.CCCCCCN(CCCCCC)C(C)=O. The number of carbonyl (C=O) groups excluding carboxylic acids is 1. The molecule has 18 heavy (non-hydrogen) atoms. The van der Waals surface area contributed by atoms with E-state index < -0.39 is 0 Å². The van der Waals surface area contributed by atoms with Crippen LogP contribution in [-0.4, -0.2) is 23.9 Å². The number of carbonyl (C=O) groups is 1. The summed E-state index contributed by atoms with van der Waals surface area (Å²) in [4.78, 5) is 13.4. The third-order valence-corrected chi connectivity index (χ3v) is 3.01. The molecule has 0 N–H and O–H groups in total. The predicted octanol–water partition coefficient (Wildman–Crippen LogP) is 5.02. The Hall–Kier alpha value is -0.530. The molecule has 0 fully saturated rings. The molecule has 0 aromatic heterocycles. The summed E-state index contributed by atoms with van der Waals surface area (Å²) in [5.41, 5.74) is 0. The zero-order chi connectivity index (χ0) is 14.2. The average molecular weight is 257 g/mol. The molecule has 0 aliphatic rings. The van der Waals surface area contributed by atoms with Gasteiger partial charge in [0.15, 0.2) is 0 Å². The molecule has 0 radical (unpaired) electrons. The Labute approximate surface area is 115 Å². The number of nitrogens with zero attached hydrogens (tertiary/aromatic N) is 1. The minimum Gasteiger partial charge on any atom is -0.343 e. The first-order valence-corrected chi connectivity index (χ1v) is 7.97. The highest BCUT2D eigenvalue weighted by molar-refractivity contribution is 5.73. The molecule has 0 saturated carbocycles. The van der Waals surface area contributed by atoms with E-state index in [0.717, 1.165) is 13.1 Å². The monoisotopic (exact) mass is 257 g/mol. The molecule has 0 heterocycles. The smallest absolute Gasteiger partial charge is 0.219 e. The summed E-state index contributed by atoms with van der Waals surface area (Å²) in [6.45, 7) is 12.0. The van der Waals surface area contributed by atoms with Gasteiger partial charge >= 0.3 is 0 Å². The van der Waals surface area contributed by atoms with E-state index >= 15 is 0 Å². The molecule has 0 bridgehead atoms. The van der Waals surface area contributed by atoms with Crippen molar-refractivity contribution in [3.8, 4) is 0 Å². The molecule has 2 nitrogen and oxygen atoms in total. The van der Waals surface area contributed by atoms with E-state index in [0.29, 0.717) is 0 Å². The Kier molecular flexibility index (Phi) is 18.1. The minimum atomic E-state index is 0.244. The van der Waals surface area contributed by atoms with Crippen molar-refractivity contribution in [1.29, 1.82) is 0 Å². The van der Waals surface area contributed by atoms with Crippen molar-refractivity contribution < 1.29 is 4.79 Å². The van der Waals surface area contributed by atoms with E-state index in [2.05, 4.69) is 13.8 Å². The fourth-order valence-electron chi connectivity index (χ4n) is 1.89. The topological polar surface area (TPSA) is 20.3 Å². The van der Waals surface area contributed by atoms with Gasteiger partial charge in [0.05, 0.1) is 0 Å². The first kappa shape index (κ1) is 19.8. The van der Waals surface area contributed by atoms with Crippen LogP contribution < -0.4 is 0 Å². The van der Waals surface area contributed by atoms with E-state index in [4.69, 9.17) is 0 Å². The van der Waals surface area contributed by atoms with Crippen LogP contribution >= 0.6 is 0 Å².